The van der Waals surface area contributed by atoms with E-state index in [0.717, 1.165) is 23.4 Å². The smallest absolute Gasteiger partial charge is 0.228 e. The van der Waals surface area contributed by atoms with Gasteiger partial charge in [0.15, 0.2) is 0 Å². The SMILES string of the molecule is CN(CC#N)Cc1ccc2c(c1)CC(=O)N2. The van der Waals surface area contributed by atoms with Gasteiger partial charge in [-0.15, -0.1) is 0 Å². The van der Waals surface area contributed by atoms with Gasteiger partial charge in [-0.1, -0.05) is 12.1 Å². The fraction of sp³-hybridized carbons (Fsp3) is 0.333. The molecule has 1 aliphatic rings. The lowest BCUT2D eigenvalue weighted by molar-refractivity contribution is -0.115. The summed E-state index contributed by atoms with van der Waals surface area (Å²) in [5.41, 5.74) is 3.09. The van der Waals surface area contributed by atoms with Crippen LogP contribution in [0.15, 0.2) is 18.2 Å². The highest BCUT2D eigenvalue weighted by Crippen LogP contribution is 2.24. The van der Waals surface area contributed by atoms with Crippen molar-refractivity contribution in [1.82, 2.24) is 4.90 Å². The lowest BCUT2D eigenvalue weighted by Gasteiger charge is -2.12. The molecule has 0 bridgehead atoms. The molecule has 4 nitrogen and oxygen atoms in total. The van der Waals surface area contributed by atoms with E-state index in [9.17, 15) is 4.79 Å². The number of anilines is 1. The van der Waals surface area contributed by atoms with Crippen LogP contribution in [0.2, 0.25) is 0 Å². The Morgan fingerprint density at radius 3 is 3.12 bits per heavy atom. The van der Waals surface area contributed by atoms with E-state index < -0.39 is 0 Å². The number of carbonyl (C=O) groups is 1. The number of hydrogen-bond acceptors (Lipinski definition) is 3. The van der Waals surface area contributed by atoms with Crippen LogP contribution in [-0.2, 0) is 17.8 Å². The molecular weight excluding hydrogens is 202 g/mol. The van der Waals surface area contributed by atoms with Crippen molar-refractivity contribution in [3.05, 3.63) is 29.3 Å². The van der Waals surface area contributed by atoms with Gasteiger partial charge >= 0.3 is 0 Å². The summed E-state index contributed by atoms with van der Waals surface area (Å²) >= 11 is 0. The van der Waals surface area contributed by atoms with E-state index in [0.29, 0.717) is 13.0 Å². The van der Waals surface area contributed by atoms with Crippen molar-refractivity contribution in [3.63, 3.8) is 0 Å². The van der Waals surface area contributed by atoms with Crippen molar-refractivity contribution < 1.29 is 4.79 Å². The Hall–Kier alpha value is -1.86. The van der Waals surface area contributed by atoms with Crippen molar-refractivity contribution in [3.8, 4) is 6.07 Å². The number of benzene rings is 1. The third-order valence-corrected chi connectivity index (χ3v) is 2.59. The Morgan fingerprint density at radius 1 is 1.56 bits per heavy atom. The summed E-state index contributed by atoms with van der Waals surface area (Å²) in [7, 11) is 1.90. The molecule has 0 saturated carbocycles. The van der Waals surface area contributed by atoms with Gasteiger partial charge in [0.25, 0.3) is 0 Å². The van der Waals surface area contributed by atoms with Crippen molar-refractivity contribution >= 4 is 11.6 Å². The number of nitrogens with zero attached hydrogens (tertiary/aromatic N) is 2. The van der Waals surface area contributed by atoms with Crippen LogP contribution in [0.3, 0.4) is 0 Å². The molecular formula is C12H13N3O. The molecule has 4 heteroatoms. The molecule has 0 saturated heterocycles. The third kappa shape index (κ3) is 2.20. The number of amides is 1. The van der Waals surface area contributed by atoms with E-state index in [1.807, 2.05) is 30.1 Å². The fourth-order valence-electron chi connectivity index (χ4n) is 1.87. The standard InChI is InChI=1S/C12H13N3O/c1-15(5-4-13)8-9-2-3-11-10(6-9)7-12(16)14-11/h2-3,6H,5,7-8H2,1H3,(H,14,16). The van der Waals surface area contributed by atoms with Gasteiger partial charge in [0.2, 0.25) is 5.91 Å². The van der Waals surface area contributed by atoms with Gasteiger partial charge in [-0.05, 0) is 24.2 Å². The van der Waals surface area contributed by atoms with Crippen molar-refractivity contribution in [2.24, 2.45) is 0 Å². The van der Waals surface area contributed by atoms with Crippen LogP contribution in [0.4, 0.5) is 5.69 Å². The number of nitrogens with one attached hydrogen (secondary N) is 1. The Kier molecular flexibility index (Phi) is 2.88. The summed E-state index contributed by atoms with van der Waals surface area (Å²) < 4.78 is 0. The summed E-state index contributed by atoms with van der Waals surface area (Å²) in [6, 6.07) is 8.05. The zero-order valence-corrected chi connectivity index (χ0v) is 9.16. The lowest BCUT2D eigenvalue weighted by atomic mass is 10.1. The Balaban J connectivity index is 2.11. The Bertz CT molecular complexity index is 462. The summed E-state index contributed by atoms with van der Waals surface area (Å²) in [6.07, 6.45) is 0.463. The highest BCUT2D eigenvalue weighted by molar-refractivity contribution is 5.99. The van der Waals surface area contributed by atoms with Gasteiger partial charge < -0.3 is 5.32 Å². The Morgan fingerprint density at radius 2 is 2.38 bits per heavy atom. The highest BCUT2D eigenvalue weighted by Gasteiger charge is 2.17. The normalized spacial score (nSPS) is 13.4. The van der Waals surface area contributed by atoms with E-state index in [4.69, 9.17) is 5.26 Å². The van der Waals surface area contributed by atoms with Crippen LogP contribution in [0.1, 0.15) is 11.1 Å². The Labute approximate surface area is 94.5 Å². The number of rotatable bonds is 3. The van der Waals surface area contributed by atoms with Crippen LogP contribution >= 0.6 is 0 Å². The first-order valence-corrected chi connectivity index (χ1v) is 5.16. The molecule has 1 aliphatic heterocycles. The molecule has 1 amide bonds. The minimum atomic E-state index is 0.0533. The molecule has 0 unspecified atom stereocenters. The van der Waals surface area contributed by atoms with Gasteiger partial charge in [0, 0.05) is 12.2 Å². The monoisotopic (exact) mass is 215 g/mol. The lowest BCUT2D eigenvalue weighted by Crippen LogP contribution is -2.17. The molecule has 1 N–H and O–H groups in total. The molecule has 0 aromatic heterocycles. The number of hydrogen-bond donors (Lipinski definition) is 1. The van der Waals surface area contributed by atoms with Gasteiger partial charge in [-0.3, -0.25) is 9.69 Å². The minimum Gasteiger partial charge on any atom is -0.326 e. The van der Waals surface area contributed by atoms with E-state index in [-0.39, 0.29) is 5.91 Å². The van der Waals surface area contributed by atoms with Crippen LogP contribution in [0.25, 0.3) is 0 Å². The van der Waals surface area contributed by atoms with Crippen LogP contribution in [-0.4, -0.2) is 24.4 Å². The molecule has 82 valence electrons. The summed E-state index contributed by atoms with van der Waals surface area (Å²) in [6.45, 7) is 1.14. The second-order valence-electron chi connectivity index (χ2n) is 4.05. The molecule has 1 aromatic rings. The maximum Gasteiger partial charge on any atom is 0.228 e. The highest BCUT2D eigenvalue weighted by atomic mass is 16.1. The molecule has 0 spiro atoms. The van der Waals surface area contributed by atoms with Crippen molar-refractivity contribution in [1.29, 1.82) is 5.26 Å². The van der Waals surface area contributed by atoms with Gasteiger partial charge in [0.05, 0.1) is 19.0 Å². The predicted molar refractivity (Wildman–Crippen MR) is 60.7 cm³/mol. The average Bonchev–Trinajstić information content (AvgIpc) is 2.57. The summed E-state index contributed by atoms with van der Waals surface area (Å²) in [4.78, 5) is 13.1. The van der Waals surface area contributed by atoms with Crippen LogP contribution in [0.5, 0.6) is 0 Å². The quantitative estimate of drug-likeness (QED) is 0.769. The van der Waals surface area contributed by atoms with Gasteiger partial charge in [0.1, 0.15) is 0 Å². The molecule has 1 aromatic carbocycles. The number of nitriles is 1. The summed E-state index contributed by atoms with van der Waals surface area (Å²) in [5.74, 6) is 0.0533. The average molecular weight is 215 g/mol. The third-order valence-electron chi connectivity index (χ3n) is 2.59. The maximum atomic E-state index is 11.2. The topological polar surface area (TPSA) is 56.1 Å². The molecule has 0 aliphatic carbocycles. The predicted octanol–water partition coefficient (Wildman–Crippen LogP) is 1.14. The van der Waals surface area contributed by atoms with Crippen LogP contribution < -0.4 is 5.32 Å². The van der Waals surface area contributed by atoms with E-state index >= 15 is 0 Å². The van der Waals surface area contributed by atoms with E-state index in [1.54, 1.807) is 0 Å². The number of carbonyl (C=O) groups excluding carboxylic acids is 1. The minimum absolute atomic E-state index is 0.0533. The first-order valence-electron chi connectivity index (χ1n) is 5.16. The zero-order chi connectivity index (χ0) is 11.5. The van der Waals surface area contributed by atoms with Crippen LogP contribution in [0, 0.1) is 11.3 Å². The second kappa shape index (κ2) is 4.33. The summed E-state index contributed by atoms with van der Waals surface area (Å²) in [5, 5.41) is 11.4. The van der Waals surface area contributed by atoms with E-state index in [1.165, 1.54) is 0 Å². The zero-order valence-electron chi connectivity index (χ0n) is 9.16. The largest absolute Gasteiger partial charge is 0.326 e. The second-order valence-corrected chi connectivity index (χ2v) is 4.05. The molecule has 0 atom stereocenters. The van der Waals surface area contributed by atoms with E-state index in [2.05, 4.69) is 11.4 Å². The molecule has 2 rings (SSSR count). The van der Waals surface area contributed by atoms with Crippen molar-refractivity contribution in [2.75, 3.05) is 18.9 Å². The van der Waals surface area contributed by atoms with Crippen molar-refractivity contribution in [2.45, 2.75) is 13.0 Å². The molecule has 0 fully saturated rings. The maximum absolute atomic E-state index is 11.2. The molecule has 0 radical (unpaired) electrons. The first kappa shape index (κ1) is 10.7. The molecule has 1 heterocycles. The first-order chi connectivity index (χ1) is 7.69. The molecule has 16 heavy (non-hydrogen) atoms. The number of fused-ring (bicyclic) bond motifs is 1. The fourth-order valence-corrected chi connectivity index (χ4v) is 1.87. The van der Waals surface area contributed by atoms with Gasteiger partial charge in [-0.2, -0.15) is 5.26 Å². The van der Waals surface area contributed by atoms with Gasteiger partial charge in [-0.25, -0.2) is 0 Å².